The normalized spacial score (nSPS) is 22.1. The Hall–Kier alpha value is -1.79. The molecule has 1 N–H and O–H groups in total. The number of hydrogen-bond acceptors (Lipinski definition) is 4. The number of nitrogens with zero attached hydrogens (tertiary/aromatic N) is 2. The van der Waals surface area contributed by atoms with Gasteiger partial charge in [-0.1, -0.05) is 12.1 Å². The number of piperazine rings is 1. The summed E-state index contributed by atoms with van der Waals surface area (Å²) in [4.78, 5) is 16.7. The third-order valence-electron chi connectivity index (χ3n) is 4.49. The Labute approximate surface area is 137 Å². The first-order valence-corrected chi connectivity index (χ1v) is 8.29. The molecule has 1 aromatic rings. The second-order valence-corrected chi connectivity index (χ2v) is 6.05. The molecule has 2 saturated heterocycles. The highest BCUT2D eigenvalue weighted by Crippen LogP contribution is 2.23. The molecule has 3 rings (SSSR count). The molecule has 2 aliphatic rings. The van der Waals surface area contributed by atoms with Crippen LogP contribution in [0.5, 0.6) is 5.75 Å². The molecule has 0 bridgehead atoms. The van der Waals surface area contributed by atoms with E-state index in [0.717, 1.165) is 45.8 Å². The topological polar surface area (TPSA) is 54.0 Å². The zero-order valence-corrected chi connectivity index (χ0v) is 13.7. The zero-order chi connectivity index (χ0) is 16.1. The number of carbonyl (C=O) groups is 1. The van der Waals surface area contributed by atoms with Crippen LogP contribution < -0.4 is 10.1 Å². The van der Waals surface area contributed by atoms with Crippen molar-refractivity contribution >= 4 is 11.7 Å². The quantitative estimate of drug-likeness (QED) is 0.922. The third kappa shape index (κ3) is 4.14. The van der Waals surface area contributed by atoms with Gasteiger partial charge >= 0.3 is 6.03 Å². The molecule has 0 saturated carbocycles. The highest BCUT2D eigenvalue weighted by atomic mass is 16.5. The van der Waals surface area contributed by atoms with E-state index in [2.05, 4.69) is 10.2 Å². The molecule has 6 nitrogen and oxygen atoms in total. The maximum absolute atomic E-state index is 12.4. The molecule has 126 valence electrons. The number of rotatable bonds is 4. The molecule has 1 aromatic carbocycles. The second kappa shape index (κ2) is 7.66. The summed E-state index contributed by atoms with van der Waals surface area (Å²) in [6, 6.07) is 7.40. The number of amides is 2. The van der Waals surface area contributed by atoms with E-state index in [-0.39, 0.29) is 6.03 Å². The minimum absolute atomic E-state index is 0.0636. The van der Waals surface area contributed by atoms with Crippen LogP contribution in [0.1, 0.15) is 12.8 Å². The Bertz CT molecular complexity index is 524. The molecule has 0 aliphatic carbocycles. The van der Waals surface area contributed by atoms with Crippen molar-refractivity contribution in [1.82, 2.24) is 9.80 Å². The minimum Gasteiger partial charge on any atom is -0.495 e. The molecular weight excluding hydrogens is 294 g/mol. The van der Waals surface area contributed by atoms with Crippen LogP contribution in [-0.4, -0.2) is 68.4 Å². The van der Waals surface area contributed by atoms with Gasteiger partial charge in [0, 0.05) is 39.3 Å². The lowest BCUT2D eigenvalue weighted by atomic mass is 10.2. The smallest absolute Gasteiger partial charge is 0.322 e. The van der Waals surface area contributed by atoms with Crippen molar-refractivity contribution < 1.29 is 14.3 Å². The molecule has 1 atom stereocenters. The van der Waals surface area contributed by atoms with Crippen molar-refractivity contribution in [3.05, 3.63) is 24.3 Å². The molecule has 2 fully saturated rings. The van der Waals surface area contributed by atoms with E-state index in [0.29, 0.717) is 17.5 Å². The number of benzene rings is 1. The fourth-order valence-electron chi connectivity index (χ4n) is 3.15. The highest BCUT2D eigenvalue weighted by molar-refractivity contribution is 5.91. The summed E-state index contributed by atoms with van der Waals surface area (Å²) in [6.07, 6.45) is 2.71. The summed E-state index contributed by atoms with van der Waals surface area (Å²) in [5.74, 6) is 0.679. The van der Waals surface area contributed by atoms with Gasteiger partial charge in [-0.25, -0.2) is 4.79 Å². The lowest BCUT2D eigenvalue weighted by Gasteiger charge is -2.35. The molecule has 0 radical (unpaired) electrons. The Morgan fingerprint density at radius 2 is 2.09 bits per heavy atom. The molecule has 0 spiro atoms. The maximum atomic E-state index is 12.4. The van der Waals surface area contributed by atoms with E-state index in [4.69, 9.17) is 9.47 Å². The number of hydrogen-bond donors (Lipinski definition) is 1. The largest absolute Gasteiger partial charge is 0.495 e. The predicted octanol–water partition coefficient (Wildman–Crippen LogP) is 2.02. The van der Waals surface area contributed by atoms with Crippen LogP contribution >= 0.6 is 0 Å². The van der Waals surface area contributed by atoms with Crippen molar-refractivity contribution in [2.45, 2.75) is 18.9 Å². The first kappa shape index (κ1) is 16.1. The van der Waals surface area contributed by atoms with E-state index >= 15 is 0 Å². The average molecular weight is 319 g/mol. The van der Waals surface area contributed by atoms with E-state index in [1.54, 1.807) is 7.11 Å². The number of urea groups is 1. The van der Waals surface area contributed by atoms with Crippen LogP contribution in [0.15, 0.2) is 24.3 Å². The number of carbonyl (C=O) groups excluding carboxylic acids is 1. The summed E-state index contributed by atoms with van der Waals surface area (Å²) in [6.45, 7) is 5.17. The fraction of sp³-hybridized carbons (Fsp3) is 0.588. The third-order valence-corrected chi connectivity index (χ3v) is 4.49. The predicted molar refractivity (Wildman–Crippen MR) is 89.0 cm³/mol. The van der Waals surface area contributed by atoms with Gasteiger partial charge < -0.3 is 19.7 Å². The maximum Gasteiger partial charge on any atom is 0.322 e. The summed E-state index contributed by atoms with van der Waals surface area (Å²) in [5.41, 5.74) is 0.710. The first-order valence-electron chi connectivity index (χ1n) is 8.29. The summed E-state index contributed by atoms with van der Waals surface area (Å²) >= 11 is 0. The van der Waals surface area contributed by atoms with Crippen LogP contribution in [0.25, 0.3) is 0 Å². The molecule has 23 heavy (non-hydrogen) atoms. The van der Waals surface area contributed by atoms with Gasteiger partial charge in [0.2, 0.25) is 0 Å². The van der Waals surface area contributed by atoms with Crippen molar-refractivity contribution in [2.24, 2.45) is 0 Å². The van der Waals surface area contributed by atoms with Gasteiger partial charge in [0.1, 0.15) is 5.75 Å². The lowest BCUT2D eigenvalue weighted by Crippen LogP contribution is -2.51. The molecule has 2 aliphatic heterocycles. The van der Waals surface area contributed by atoms with E-state index in [1.807, 2.05) is 29.2 Å². The van der Waals surface area contributed by atoms with Crippen molar-refractivity contribution in [2.75, 3.05) is 51.8 Å². The fourth-order valence-corrected chi connectivity index (χ4v) is 3.15. The van der Waals surface area contributed by atoms with E-state index < -0.39 is 0 Å². The average Bonchev–Trinajstić information content (AvgIpc) is 3.09. The molecule has 0 aromatic heterocycles. The van der Waals surface area contributed by atoms with Crippen molar-refractivity contribution in [3.8, 4) is 5.75 Å². The van der Waals surface area contributed by atoms with Gasteiger partial charge in [-0.2, -0.15) is 0 Å². The Kier molecular flexibility index (Phi) is 5.35. The van der Waals surface area contributed by atoms with Crippen LogP contribution in [-0.2, 0) is 4.74 Å². The molecule has 6 heteroatoms. The Morgan fingerprint density at radius 1 is 1.30 bits per heavy atom. The van der Waals surface area contributed by atoms with Crippen LogP contribution in [0.4, 0.5) is 10.5 Å². The Morgan fingerprint density at radius 3 is 2.78 bits per heavy atom. The van der Waals surface area contributed by atoms with Gasteiger partial charge in [-0.05, 0) is 25.0 Å². The van der Waals surface area contributed by atoms with Gasteiger partial charge in [0.25, 0.3) is 0 Å². The van der Waals surface area contributed by atoms with Crippen LogP contribution in [0, 0.1) is 0 Å². The van der Waals surface area contributed by atoms with Crippen LogP contribution in [0.3, 0.4) is 0 Å². The van der Waals surface area contributed by atoms with Gasteiger partial charge in [0.05, 0.1) is 18.9 Å². The van der Waals surface area contributed by atoms with Gasteiger partial charge in [-0.3, -0.25) is 4.90 Å². The number of para-hydroxylation sites is 2. The summed E-state index contributed by atoms with van der Waals surface area (Å²) < 4.78 is 11.0. The van der Waals surface area contributed by atoms with Crippen molar-refractivity contribution in [3.63, 3.8) is 0 Å². The molecule has 2 amide bonds. The minimum atomic E-state index is -0.0636. The van der Waals surface area contributed by atoms with Gasteiger partial charge in [-0.15, -0.1) is 0 Å². The van der Waals surface area contributed by atoms with Crippen LogP contribution in [0.2, 0.25) is 0 Å². The van der Waals surface area contributed by atoms with E-state index in [1.165, 1.54) is 6.42 Å². The second-order valence-electron chi connectivity index (χ2n) is 6.05. The summed E-state index contributed by atoms with van der Waals surface area (Å²) in [7, 11) is 1.61. The number of nitrogens with one attached hydrogen (secondary N) is 1. The SMILES string of the molecule is COc1ccccc1NC(=O)N1CCN(C[C@H]2CCCO2)CC1. The lowest BCUT2D eigenvalue weighted by molar-refractivity contribution is 0.0571. The monoisotopic (exact) mass is 319 g/mol. The Balaban J connectivity index is 1.48. The molecule has 2 heterocycles. The first-order chi connectivity index (χ1) is 11.3. The number of anilines is 1. The van der Waals surface area contributed by atoms with E-state index in [9.17, 15) is 4.79 Å². The van der Waals surface area contributed by atoms with Gasteiger partial charge in [0.15, 0.2) is 0 Å². The van der Waals surface area contributed by atoms with Crippen molar-refractivity contribution in [1.29, 1.82) is 0 Å². The molecule has 0 unspecified atom stereocenters. The zero-order valence-electron chi connectivity index (χ0n) is 13.7. The molecular formula is C17H25N3O3. The number of methoxy groups -OCH3 is 1. The summed E-state index contributed by atoms with van der Waals surface area (Å²) in [5, 5.41) is 2.94. The number of ether oxygens (including phenoxy) is 2. The standard InChI is InChI=1S/C17H25N3O3/c1-22-16-7-3-2-6-15(16)18-17(21)20-10-8-19(9-11-20)13-14-5-4-12-23-14/h2-3,6-7,14H,4-5,8-13H2,1H3,(H,18,21)/t14-/m1/s1. The highest BCUT2D eigenvalue weighted by Gasteiger charge is 2.25.